The van der Waals surface area contributed by atoms with Gasteiger partial charge in [0.1, 0.15) is 0 Å². The van der Waals surface area contributed by atoms with Crippen molar-refractivity contribution in [3.63, 3.8) is 0 Å². The molecule has 0 atom stereocenters. The molecule has 0 spiro atoms. The van der Waals surface area contributed by atoms with Crippen LogP contribution in [0, 0.1) is 11.3 Å². The Balaban J connectivity index is 1.51. The molecule has 5 aromatic carbocycles. The molecule has 0 radical (unpaired) electrons. The molecule has 0 saturated carbocycles. The standard InChI is InChI=1S/C38H32BNO2/c1-36(2)37(3,4)42-39(41-36)31-19-21-33-32-20-18-28(27-13-11-12-26(22-27)25-40)23-34(32)38(35(33)24-31,29-14-7-5-8-15-29)30-16-9-6-10-17-30/h5-24H,1-4H3. The molecule has 4 heteroatoms. The molecule has 7 rings (SSSR count). The first-order valence-corrected chi connectivity index (χ1v) is 14.5. The molecule has 5 aromatic rings. The average Bonchev–Trinajstić information content (AvgIpc) is 3.43. The summed E-state index contributed by atoms with van der Waals surface area (Å²) in [5.74, 6) is 0. The summed E-state index contributed by atoms with van der Waals surface area (Å²) in [5.41, 5.74) is 9.61. The Labute approximate surface area is 248 Å². The van der Waals surface area contributed by atoms with E-state index in [1.165, 1.54) is 33.4 Å². The van der Waals surface area contributed by atoms with Gasteiger partial charge < -0.3 is 9.31 Å². The van der Waals surface area contributed by atoms with Crippen molar-refractivity contribution in [2.45, 2.75) is 44.3 Å². The van der Waals surface area contributed by atoms with Crippen LogP contribution in [0.3, 0.4) is 0 Å². The van der Waals surface area contributed by atoms with E-state index in [9.17, 15) is 5.26 Å². The van der Waals surface area contributed by atoms with Gasteiger partial charge in [-0.25, -0.2) is 0 Å². The van der Waals surface area contributed by atoms with Crippen LogP contribution in [0.5, 0.6) is 0 Å². The predicted molar refractivity (Wildman–Crippen MR) is 170 cm³/mol. The lowest BCUT2D eigenvalue weighted by molar-refractivity contribution is 0.00578. The molecule has 42 heavy (non-hydrogen) atoms. The molecular formula is C38H32BNO2. The second kappa shape index (κ2) is 9.56. The van der Waals surface area contributed by atoms with Crippen LogP contribution in [0.1, 0.15) is 55.5 Å². The van der Waals surface area contributed by atoms with Crippen LogP contribution in [0.4, 0.5) is 0 Å². The molecule has 1 saturated heterocycles. The van der Waals surface area contributed by atoms with E-state index in [1.807, 2.05) is 18.2 Å². The molecule has 0 unspecified atom stereocenters. The number of nitriles is 1. The van der Waals surface area contributed by atoms with E-state index in [-0.39, 0.29) is 0 Å². The normalized spacial score (nSPS) is 17.4. The van der Waals surface area contributed by atoms with Crippen LogP contribution in [-0.2, 0) is 14.7 Å². The number of hydrogen-bond donors (Lipinski definition) is 0. The predicted octanol–water partition coefficient (Wildman–Crippen LogP) is 7.89. The van der Waals surface area contributed by atoms with E-state index in [1.54, 1.807) is 0 Å². The van der Waals surface area contributed by atoms with Crippen molar-refractivity contribution >= 4 is 12.6 Å². The Morgan fingerprint density at radius 1 is 0.571 bits per heavy atom. The third-order valence-electron chi connectivity index (χ3n) is 9.43. The molecule has 0 amide bonds. The Morgan fingerprint density at radius 3 is 1.71 bits per heavy atom. The van der Waals surface area contributed by atoms with E-state index < -0.39 is 23.7 Å². The first-order valence-electron chi connectivity index (χ1n) is 14.5. The number of benzene rings is 5. The van der Waals surface area contributed by atoms with Crippen LogP contribution in [0.15, 0.2) is 121 Å². The Kier molecular flexibility index (Phi) is 6.03. The Morgan fingerprint density at radius 2 is 1.12 bits per heavy atom. The summed E-state index contributed by atoms with van der Waals surface area (Å²) in [6, 6.07) is 45.1. The molecule has 204 valence electrons. The molecule has 1 heterocycles. The third kappa shape index (κ3) is 3.89. The summed E-state index contributed by atoms with van der Waals surface area (Å²) >= 11 is 0. The van der Waals surface area contributed by atoms with Gasteiger partial charge in [-0.1, -0.05) is 103 Å². The fourth-order valence-electron chi connectivity index (χ4n) is 6.58. The van der Waals surface area contributed by atoms with Crippen molar-refractivity contribution < 1.29 is 9.31 Å². The van der Waals surface area contributed by atoms with Crippen molar-refractivity contribution in [1.82, 2.24) is 0 Å². The highest BCUT2D eigenvalue weighted by molar-refractivity contribution is 6.62. The average molecular weight is 545 g/mol. The van der Waals surface area contributed by atoms with Gasteiger partial charge in [0.05, 0.1) is 28.2 Å². The summed E-state index contributed by atoms with van der Waals surface area (Å²) in [4.78, 5) is 0. The monoisotopic (exact) mass is 545 g/mol. The van der Waals surface area contributed by atoms with E-state index in [2.05, 4.69) is 137 Å². The SMILES string of the molecule is CC1(C)OB(c2ccc3c(c2)C(c2ccccc2)(c2ccccc2)c2cc(-c4cccc(C#N)c4)ccc2-3)OC1(C)C. The second-order valence-electron chi connectivity index (χ2n) is 12.3. The molecule has 1 aliphatic heterocycles. The van der Waals surface area contributed by atoms with Crippen molar-refractivity contribution in [3.05, 3.63) is 149 Å². The van der Waals surface area contributed by atoms with Gasteiger partial charge in [-0.3, -0.25) is 0 Å². The minimum atomic E-state index is -0.560. The largest absolute Gasteiger partial charge is 0.494 e. The van der Waals surface area contributed by atoms with Crippen molar-refractivity contribution in [2.24, 2.45) is 0 Å². The molecule has 0 bridgehead atoms. The van der Waals surface area contributed by atoms with Gasteiger partial charge in [-0.05, 0) is 95.9 Å². The number of rotatable bonds is 4. The van der Waals surface area contributed by atoms with Gasteiger partial charge in [0.25, 0.3) is 0 Å². The topological polar surface area (TPSA) is 42.2 Å². The van der Waals surface area contributed by atoms with Gasteiger partial charge in [-0.15, -0.1) is 0 Å². The van der Waals surface area contributed by atoms with Crippen molar-refractivity contribution in [1.29, 1.82) is 5.26 Å². The quantitative estimate of drug-likeness (QED) is 0.212. The molecule has 3 nitrogen and oxygen atoms in total. The molecule has 1 aliphatic carbocycles. The minimum absolute atomic E-state index is 0.428. The van der Waals surface area contributed by atoms with Crippen LogP contribution in [-0.4, -0.2) is 18.3 Å². The first-order chi connectivity index (χ1) is 20.2. The molecule has 0 aromatic heterocycles. The zero-order chi connectivity index (χ0) is 29.1. The fraction of sp³-hybridized carbons (Fsp3) is 0.184. The van der Waals surface area contributed by atoms with Crippen LogP contribution in [0.2, 0.25) is 0 Å². The van der Waals surface area contributed by atoms with E-state index >= 15 is 0 Å². The Bertz CT molecular complexity index is 1800. The van der Waals surface area contributed by atoms with Crippen LogP contribution >= 0.6 is 0 Å². The van der Waals surface area contributed by atoms with Crippen LogP contribution in [0.25, 0.3) is 22.3 Å². The third-order valence-corrected chi connectivity index (χ3v) is 9.43. The summed E-state index contributed by atoms with van der Waals surface area (Å²) in [6.45, 7) is 8.38. The fourth-order valence-corrected chi connectivity index (χ4v) is 6.58. The smallest absolute Gasteiger partial charge is 0.399 e. The van der Waals surface area contributed by atoms with Crippen molar-refractivity contribution in [3.8, 4) is 28.3 Å². The maximum absolute atomic E-state index is 9.57. The summed E-state index contributed by atoms with van der Waals surface area (Å²) in [7, 11) is -0.461. The number of nitrogens with zero attached hydrogens (tertiary/aromatic N) is 1. The van der Waals surface area contributed by atoms with Gasteiger partial charge in [-0.2, -0.15) is 5.26 Å². The first kappa shape index (κ1) is 26.5. The summed E-state index contributed by atoms with van der Waals surface area (Å²) in [5, 5.41) is 9.57. The van der Waals surface area contributed by atoms with Crippen LogP contribution < -0.4 is 5.46 Å². The summed E-state index contributed by atoms with van der Waals surface area (Å²) in [6.07, 6.45) is 0. The minimum Gasteiger partial charge on any atom is -0.399 e. The maximum Gasteiger partial charge on any atom is 0.494 e. The molecule has 0 N–H and O–H groups in total. The molecule has 1 fully saturated rings. The highest BCUT2D eigenvalue weighted by Crippen LogP contribution is 2.56. The Hall–Kier alpha value is -4.43. The lowest BCUT2D eigenvalue weighted by Crippen LogP contribution is -2.41. The highest BCUT2D eigenvalue weighted by Gasteiger charge is 2.53. The lowest BCUT2D eigenvalue weighted by atomic mass is 9.66. The van der Waals surface area contributed by atoms with Gasteiger partial charge in [0.15, 0.2) is 0 Å². The number of hydrogen-bond acceptors (Lipinski definition) is 3. The van der Waals surface area contributed by atoms with Gasteiger partial charge in [0.2, 0.25) is 0 Å². The summed E-state index contributed by atoms with van der Waals surface area (Å²) < 4.78 is 13.0. The van der Waals surface area contributed by atoms with E-state index in [0.717, 1.165) is 16.6 Å². The highest BCUT2D eigenvalue weighted by atomic mass is 16.7. The zero-order valence-corrected chi connectivity index (χ0v) is 24.4. The maximum atomic E-state index is 9.57. The lowest BCUT2D eigenvalue weighted by Gasteiger charge is -2.34. The zero-order valence-electron chi connectivity index (χ0n) is 24.4. The van der Waals surface area contributed by atoms with Gasteiger partial charge in [0, 0.05) is 0 Å². The second-order valence-corrected chi connectivity index (χ2v) is 12.3. The number of fused-ring (bicyclic) bond motifs is 3. The van der Waals surface area contributed by atoms with Gasteiger partial charge >= 0.3 is 7.12 Å². The van der Waals surface area contributed by atoms with E-state index in [4.69, 9.17) is 9.31 Å². The molecule has 2 aliphatic rings. The molecular weight excluding hydrogens is 513 g/mol. The van der Waals surface area contributed by atoms with E-state index in [0.29, 0.717) is 5.56 Å². The van der Waals surface area contributed by atoms with Crippen molar-refractivity contribution in [2.75, 3.05) is 0 Å².